The molecular formula is C7H7Br2NOS. The zero-order valence-electron chi connectivity index (χ0n) is 6.14. The van der Waals surface area contributed by atoms with Crippen molar-refractivity contribution in [2.45, 2.75) is 6.54 Å². The van der Waals surface area contributed by atoms with Crippen LogP contribution in [0.15, 0.2) is 15.9 Å². The average Bonchev–Trinajstić information content (AvgIpc) is 2.47. The fourth-order valence-electron chi connectivity index (χ4n) is 0.680. The maximum absolute atomic E-state index is 10.8. The SMILES string of the molecule is O=C(CBr)NCc1ccc(Br)s1. The van der Waals surface area contributed by atoms with Crippen LogP contribution in [-0.4, -0.2) is 11.2 Å². The van der Waals surface area contributed by atoms with Crippen molar-refractivity contribution >= 4 is 49.1 Å². The van der Waals surface area contributed by atoms with Crippen LogP contribution in [0.25, 0.3) is 0 Å². The van der Waals surface area contributed by atoms with Gasteiger partial charge in [-0.05, 0) is 28.1 Å². The lowest BCUT2D eigenvalue weighted by atomic mass is 10.4. The van der Waals surface area contributed by atoms with Gasteiger partial charge in [0.25, 0.3) is 0 Å². The number of nitrogens with one attached hydrogen (secondary N) is 1. The maximum Gasteiger partial charge on any atom is 0.230 e. The predicted molar refractivity (Wildman–Crippen MR) is 57.7 cm³/mol. The van der Waals surface area contributed by atoms with Gasteiger partial charge in [0.05, 0.1) is 15.7 Å². The first kappa shape index (κ1) is 10.2. The maximum atomic E-state index is 10.8. The number of thiophene rings is 1. The van der Waals surface area contributed by atoms with Gasteiger partial charge in [0.2, 0.25) is 5.91 Å². The smallest absolute Gasteiger partial charge is 0.230 e. The first-order valence-electron chi connectivity index (χ1n) is 3.29. The Labute approximate surface area is 91.6 Å². The molecule has 5 heteroatoms. The summed E-state index contributed by atoms with van der Waals surface area (Å²) in [6.07, 6.45) is 0. The molecule has 0 saturated carbocycles. The van der Waals surface area contributed by atoms with Crippen LogP contribution < -0.4 is 5.32 Å². The van der Waals surface area contributed by atoms with E-state index in [0.29, 0.717) is 11.9 Å². The van der Waals surface area contributed by atoms with Gasteiger partial charge in [-0.15, -0.1) is 11.3 Å². The minimum absolute atomic E-state index is 0.0134. The van der Waals surface area contributed by atoms with Crippen LogP contribution >= 0.6 is 43.2 Å². The minimum atomic E-state index is 0.0134. The number of halogens is 2. The third kappa shape index (κ3) is 3.25. The van der Waals surface area contributed by atoms with E-state index in [0.717, 1.165) is 8.66 Å². The summed E-state index contributed by atoms with van der Waals surface area (Å²) < 4.78 is 1.09. The lowest BCUT2D eigenvalue weighted by Crippen LogP contribution is -2.22. The Bertz CT molecular complexity index is 274. The zero-order valence-corrected chi connectivity index (χ0v) is 10.1. The minimum Gasteiger partial charge on any atom is -0.350 e. The second kappa shape index (κ2) is 4.99. The van der Waals surface area contributed by atoms with Gasteiger partial charge in [0.15, 0.2) is 0 Å². The number of rotatable bonds is 3. The van der Waals surface area contributed by atoms with E-state index >= 15 is 0 Å². The Morgan fingerprint density at radius 1 is 1.58 bits per heavy atom. The molecule has 0 aliphatic heterocycles. The molecule has 0 spiro atoms. The van der Waals surface area contributed by atoms with Gasteiger partial charge in [-0.3, -0.25) is 4.79 Å². The number of amides is 1. The number of carbonyl (C=O) groups excluding carboxylic acids is 1. The second-order valence-corrected chi connectivity index (χ2v) is 5.22. The molecule has 1 heterocycles. The predicted octanol–water partition coefficient (Wildman–Crippen LogP) is 2.52. The highest BCUT2D eigenvalue weighted by Gasteiger charge is 2.00. The molecule has 0 aliphatic carbocycles. The first-order chi connectivity index (χ1) is 5.72. The molecule has 0 saturated heterocycles. The third-order valence-corrected chi connectivity index (χ3v) is 3.34. The number of hydrogen-bond acceptors (Lipinski definition) is 2. The van der Waals surface area contributed by atoms with E-state index in [1.54, 1.807) is 11.3 Å². The molecule has 66 valence electrons. The van der Waals surface area contributed by atoms with E-state index in [4.69, 9.17) is 0 Å². The molecule has 0 fully saturated rings. The van der Waals surface area contributed by atoms with Crippen molar-refractivity contribution in [3.05, 3.63) is 20.8 Å². The number of hydrogen-bond donors (Lipinski definition) is 1. The topological polar surface area (TPSA) is 29.1 Å². The molecule has 0 bridgehead atoms. The van der Waals surface area contributed by atoms with Crippen molar-refractivity contribution in [3.8, 4) is 0 Å². The van der Waals surface area contributed by atoms with Gasteiger partial charge in [-0.25, -0.2) is 0 Å². The summed E-state index contributed by atoms with van der Waals surface area (Å²) in [5.41, 5.74) is 0. The monoisotopic (exact) mass is 311 g/mol. The third-order valence-electron chi connectivity index (χ3n) is 1.21. The fraction of sp³-hybridized carbons (Fsp3) is 0.286. The van der Waals surface area contributed by atoms with Crippen molar-refractivity contribution in [1.29, 1.82) is 0 Å². The van der Waals surface area contributed by atoms with Gasteiger partial charge in [-0.2, -0.15) is 0 Å². The summed E-state index contributed by atoms with van der Waals surface area (Å²) in [6.45, 7) is 0.612. The van der Waals surface area contributed by atoms with Crippen molar-refractivity contribution in [2.75, 3.05) is 5.33 Å². The average molecular weight is 313 g/mol. The van der Waals surface area contributed by atoms with Crippen LogP contribution in [-0.2, 0) is 11.3 Å². The molecule has 1 amide bonds. The standard InChI is InChI=1S/C7H7Br2NOS/c8-3-7(11)10-4-5-1-2-6(9)12-5/h1-2H,3-4H2,(H,10,11). The summed E-state index contributed by atoms with van der Waals surface area (Å²) in [5.74, 6) is 0.0134. The molecular weight excluding hydrogens is 306 g/mol. The molecule has 1 aromatic heterocycles. The van der Waals surface area contributed by atoms with Gasteiger partial charge in [0, 0.05) is 4.88 Å². The summed E-state index contributed by atoms with van der Waals surface area (Å²) >= 11 is 8.06. The second-order valence-electron chi connectivity index (χ2n) is 2.12. The van der Waals surface area contributed by atoms with E-state index in [9.17, 15) is 4.79 Å². The Kier molecular flexibility index (Phi) is 4.25. The van der Waals surface area contributed by atoms with E-state index in [1.165, 1.54) is 0 Å². The molecule has 0 radical (unpaired) electrons. The zero-order chi connectivity index (χ0) is 8.97. The first-order valence-corrected chi connectivity index (χ1v) is 6.02. The van der Waals surface area contributed by atoms with Gasteiger partial charge >= 0.3 is 0 Å². The summed E-state index contributed by atoms with van der Waals surface area (Å²) in [6, 6.07) is 3.96. The summed E-state index contributed by atoms with van der Waals surface area (Å²) in [4.78, 5) is 12.0. The normalized spacial score (nSPS) is 9.83. The summed E-state index contributed by atoms with van der Waals surface area (Å²) in [5, 5.41) is 3.13. The highest BCUT2D eigenvalue weighted by atomic mass is 79.9. The van der Waals surface area contributed by atoms with Gasteiger partial charge < -0.3 is 5.32 Å². The Morgan fingerprint density at radius 3 is 2.83 bits per heavy atom. The quantitative estimate of drug-likeness (QED) is 0.854. The molecule has 0 aliphatic rings. The van der Waals surface area contributed by atoms with Crippen molar-refractivity contribution in [1.82, 2.24) is 5.32 Å². The van der Waals surface area contributed by atoms with Gasteiger partial charge in [-0.1, -0.05) is 15.9 Å². The molecule has 2 nitrogen and oxygen atoms in total. The van der Waals surface area contributed by atoms with Crippen LogP contribution in [0.1, 0.15) is 4.88 Å². The lowest BCUT2D eigenvalue weighted by Gasteiger charge is -1.98. The number of alkyl halides is 1. The van der Waals surface area contributed by atoms with E-state index in [1.807, 2.05) is 12.1 Å². The van der Waals surface area contributed by atoms with Crippen LogP contribution in [0, 0.1) is 0 Å². The molecule has 12 heavy (non-hydrogen) atoms. The molecule has 1 rings (SSSR count). The number of carbonyl (C=O) groups is 1. The highest BCUT2D eigenvalue weighted by Crippen LogP contribution is 2.21. The highest BCUT2D eigenvalue weighted by molar-refractivity contribution is 9.11. The molecule has 0 atom stereocenters. The van der Waals surface area contributed by atoms with Gasteiger partial charge in [0.1, 0.15) is 0 Å². The van der Waals surface area contributed by atoms with E-state index in [2.05, 4.69) is 37.2 Å². The van der Waals surface area contributed by atoms with Crippen molar-refractivity contribution in [3.63, 3.8) is 0 Å². The molecule has 1 aromatic rings. The van der Waals surface area contributed by atoms with Crippen LogP contribution in [0.2, 0.25) is 0 Å². The Balaban J connectivity index is 2.38. The van der Waals surface area contributed by atoms with Crippen LogP contribution in [0.3, 0.4) is 0 Å². The van der Waals surface area contributed by atoms with Crippen LogP contribution in [0.4, 0.5) is 0 Å². The lowest BCUT2D eigenvalue weighted by molar-refractivity contribution is -0.118. The van der Waals surface area contributed by atoms with Crippen LogP contribution in [0.5, 0.6) is 0 Å². The fourth-order valence-corrected chi connectivity index (χ4v) is 2.30. The van der Waals surface area contributed by atoms with E-state index in [-0.39, 0.29) is 5.91 Å². The molecule has 0 aromatic carbocycles. The van der Waals surface area contributed by atoms with E-state index < -0.39 is 0 Å². The van der Waals surface area contributed by atoms with Crippen molar-refractivity contribution in [2.24, 2.45) is 0 Å². The molecule has 0 unspecified atom stereocenters. The largest absolute Gasteiger partial charge is 0.350 e. The molecule has 1 N–H and O–H groups in total. The van der Waals surface area contributed by atoms with Crippen molar-refractivity contribution < 1.29 is 4.79 Å². The Hall–Kier alpha value is 0.130. The summed E-state index contributed by atoms with van der Waals surface area (Å²) in [7, 11) is 0. The Morgan fingerprint density at radius 2 is 2.33 bits per heavy atom.